The molecule has 0 bridgehead atoms. The third-order valence-electron chi connectivity index (χ3n) is 5.19. The first-order valence-corrected chi connectivity index (χ1v) is 8.76. The minimum Gasteiger partial charge on any atom is -0.345 e. The molecule has 8 heteroatoms. The molecule has 4 rings (SSSR count). The van der Waals surface area contributed by atoms with E-state index in [4.69, 9.17) is 0 Å². The molecule has 4 amide bonds. The lowest BCUT2D eigenvalue weighted by atomic mass is 9.96. The molecule has 0 spiro atoms. The molecule has 2 aliphatic rings. The Kier molecular flexibility index (Phi) is 3.71. The molecule has 2 atom stereocenters. The number of amides is 4. The average Bonchev–Trinajstić information content (AvgIpc) is 3.33. The number of hydrogen-bond acceptors (Lipinski definition) is 4. The SMILES string of the molecule is C[C@H](NC(=O)CN1C(=O)NC(C)(C2CC2)C1=O)c1nc2ccccc2[nH]1. The van der Waals surface area contributed by atoms with Gasteiger partial charge in [-0.2, -0.15) is 0 Å². The summed E-state index contributed by atoms with van der Waals surface area (Å²) in [6.07, 6.45) is 1.84. The monoisotopic (exact) mass is 355 g/mol. The predicted molar refractivity (Wildman–Crippen MR) is 94.0 cm³/mol. The number of H-pyrrole nitrogens is 1. The molecule has 1 aliphatic carbocycles. The molecule has 1 aliphatic heterocycles. The van der Waals surface area contributed by atoms with Crippen LogP contribution in [0, 0.1) is 5.92 Å². The van der Waals surface area contributed by atoms with Crippen LogP contribution in [0.4, 0.5) is 4.79 Å². The largest absolute Gasteiger partial charge is 0.345 e. The maximum absolute atomic E-state index is 12.6. The van der Waals surface area contributed by atoms with Gasteiger partial charge in [0.2, 0.25) is 5.91 Å². The van der Waals surface area contributed by atoms with Crippen molar-refractivity contribution in [3.63, 3.8) is 0 Å². The third kappa shape index (κ3) is 2.71. The van der Waals surface area contributed by atoms with Crippen molar-refractivity contribution in [3.8, 4) is 0 Å². The molecular formula is C18H21N5O3. The highest BCUT2D eigenvalue weighted by Crippen LogP contribution is 2.42. The summed E-state index contributed by atoms with van der Waals surface area (Å²) in [7, 11) is 0. The quantitative estimate of drug-likeness (QED) is 0.706. The van der Waals surface area contributed by atoms with Crippen molar-refractivity contribution < 1.29 is 14.4 Å². The van der Waals surface area contributed by atoms with Gasteiger partial charge in [-0.05, 0) is 44.7 Å². The second kappa shape index (κ2) is 5.82. The fourth-order valence-electron chi connectivity index (χ4n) is 3.47. The summed E-state index contributed by atoms with van der Waals surface area (Å²) in [5, 5.41) is 5.53. The second-order valence-electron chi connectivity index (χ2n) is 7.23. The number of fused-ring (bicyclic) bond motifs is 1. The van der Waals surface area contributed by atoms with E-state index >= 15 is 0 Å². The smallest absolute Gasteiger partial charge is 0.325 e. The van der Waals surface area contributed by atoms with Crippen LogP contribution in [0.25, 0.3) is 11.0 Å². The molecular weight excluding hydrogens is 334 g/mol. The van der Waals surface area contributed by atoms with Gasteiger partial charge >= 0.3 is 6.03 Å². The number of benzene rings is 1. The maximum atomic E-state index is 12.6. The first-order chi connectivity index (χ1) is 12.4. The van der Waals surface area contributed by atoms with Crippen LogP contribution < -0.4 is 10.6 Å². The topological polar surface area (TPSA) is 107 Å². The molecule has 1 aromatic heterocycles. The number of aromatic amines is 1. The van der Waals surface area contributed by atoms with Crippen LogP contribution in [-0.2, 0) is 9.59 Å². The Morgan fingerprint density at radius 1 is 1.38 bits per heavy atom. The number of carbonyl (C=O) groups is 3. The van der Waals surface area contributed by atoms with Gasteiger partial charge in [0.15, 0.2) is 0 Å². The van der Waals surface area contributed by atoms with Crippen LogP contribution in [0.3, 0.4) is 0 Å². The van der Waals surface area contributed by atoms with E-state index < -0.39 is 17.5 Å². The minimum absolute atomic E-state index is 0.168. The summed E-state index contributed by atoms with van der Waals surface area (Å²) < 4.78 is 0. The fourth-order valence-corrected chi connectivity index (χ4v) is 3.47. The Balaban J connectivity index is 1.42. The first kappa shape index (κ1) is 16.6. The van der Waals surface area contributed by atoms with Crippen LogP contribution in [0.15, 0.2) is 24.3 Å². The maximum Gasteiger partial charge on any atom is 0.325 e. The van der Waals surface area contributed by atoms with Gasteiger partial charge in [0.1, 0.15) is 17.9 Å². The zero-order chi connectivity index (χ0) is 18.5. The summed E-state index contributed by atoms with van der Waals surface area (Å²) in [6.45, 7) is 3.24. The number of nitrogens with zero attached hydrogens (tertiary/aromatic N) is 2. The molecule has 0 radical (unpaired) electrons. The van der Waals surface area contributed by atoms with Gasteiger partial charge in [-0.1, -0.05) is 12.1 Å². The van der Waals surface area contributed by atoms with Gasteiger partial charge in [-0.3, -0.25) is 14.5 Å². The Morgan fingerprint density at radius 2 is 2.12 bits per heavy atom. The van der Waals surface area contributed by atoms with Crippen molar-refractivity contribution in [2.45, 2.75) is 38.3 Å². The van der Waals surface area contributed by atoms with Gasteiger partial charge in [0, 0.05) is 0 Å². The molecule has 1 aromatic carbocycles. The summed E-state index contributed by atoms with van der Waals surface area (Å²) in [6, 6.07) is 6.72. The van der Waals surface area contributed by atoms with E-state index in [0.717, 1.165) is 28.8 Å². The molecule has 1 saturated heterocycles. The lowest BCUT2D eigenvalue weighted by molar-refractivity contribution is -0.135. The zero-order valence-corrected chi connectivity index (χ0v) is 14.7. The van der Waals surface area contributed by atoms with Gasteiger partial charge in [-0.25, -0.2) is 9.78 Å². The summed E-state index contributed by atoms with van der Waals surface area (Å²) in [5.74, 6) is 0.0686. The van der Waals surface area contributed by atoms with Crippen molar-refractivity contribution in [2.75, 3.05) is 6.54 Å². The minimum atomic E-state index is -0.873. The standard InChI is InChI=1S/C18H21N5O3/c1-10(15-20-12-5-3-4-6-13(12)21-15)19-14(24)9-23-16(25)18(2,11-7-8-11)22-17(23)26/h3-6,10-11H,7-9H2,1-2H3,(H,19,24)(H,20,21)(H,22,26)/t10-,18?/m0/s1. The number of carbonyl (C=O) groups excluding carboxylic acids is 3. The number of hydrogen-bond donors (Lipinski definition) is 3. The number of nitrogens with one attached hydrogen (secondary N) is 3. The van der Waals surface area contributed by atoms with E-state index in [9.17, 15) is 14.4 Å². The lowest BCUT2D eigenvalue weighted by Gasteiger charge is -2.21. The molecule has 2 aromatic rings. The number of para-hydroxylation sites is 2. The molecule has 26 heavy (non-hydrogen) atoms. The molecule has 136 valence electrons. The number of rotatable bonds is 5. The lowest BCUT2D eigenvalue weighted by Crippen LogP contribution is -2.47. The van der Waals surface area contributed by atoms with Crippen molar-refractivity contribution in [2.24, 2.45) is 5.92 Å². The van der Waals surface area contributed by atoms with Gasteiger partial charge in [0.25, 0.3) is 5.91 Å². The Hall–Kier alpha value is -2.90. The van der Waals surface area contributed by atoms with Crippen LogP contribution in [0.1, 0.15) is 38.6 Å². The van der Waals surface area contributed by atoms with Gasteiger partial charge in [0.05, 0.1) is 17.1 Å². The molecule has 2 fully saturated rings. The number of imide groups is 1. The van der Waals surface area contributed by atoms with E-state index in [1.807, 2.05) is 24.3 Å². The van der Waals surface area contributed by atoms with Crippen LogP contribution in [0.5, 0.6) is 0 Å². The summed E-state index contributed by atoms with van der Waals surface area (Å²) >= 11 is 0. The average molecular weight is 355 g/mol. The molecule has 2 heterocycles. The molecule has 8 nitrogen and oxygen atoms in total. The second-order valence-corrected chi connectivity index (χ2v) is 7.23. The van der Waals surface area contributed by atoms with Crippen LogP contribution in [-0.4, -0.2) is 44.8 Å². The third-order valence-corrected chi connectivity index (χ3v) is 5.19. The molecule has 3 N–H and O–H groups in total. The normalized spacial score (nSPS) is 24.0. The van der Waals surface area contributed by atoms with Crippen molar-refractivity contribution >= 4 is 28.9 Å². The Bertz CT molecular complexity index is 870. The molecule has 1 unspecified atom stereocenters. The highest BCUT2D eigenvalue weighted by Gasteiger charge is 2.56. The Labute approximate surface area is 150 Å². The summed E-state index contributed by atoms with van der Waals surface area (Å²) in [5.41, 5.74) is 0.831. The number of urea groups is 1. The number of imidazole rings is 1. The first-order valence-electron chi connectivity index (χ1n) is 8.76. The van der Waals surface area contributed by atoms with Crippen LogP contribution in [0.2, 0.25) is 0 Å². The fraction of sp³-hybridized carbons (Fsp3) is 0.444. The van der Waals surface area contributed by atoms with Crippen molar-refractivity contribution in [3.05, 3.63) is 30.1 Å². The predicted octanol–water partition coefficient (Wildman–Crippen LogP) is 1.46. The zero-order valence-electron chi connectivity index (χ0n) is 14.7. The highest BCUT2D eigenvalue weighted by molar-refractivity contribution is 6.09. The number of aromatic nitrogens is 2. The Morgan fingerprint density at radius 3 is 2.81 bits per heavy atom. The van der Waals surface area contributed by atoms with Crippen molar-refractivity contribution in [1.29, 1.82) is 0 Å². The van der Waals surface area contributed by atoms with Crippen LogP contribution >= 0.6 is 0 Å². The van der Waals surface area contributed by atoms with Gasteiger partial charge in [-0.15, -0.1) is 0 Å². The molecule has 1 saturated carbocycles. The highest BCUT2D eigenvalue weighted by atomic mass is 16.2. The van der Waals surface area contributed by atoms with E-state index in [0.29, 0.717) is 5.82 Å². The van der Waals surface area contributed by atoms with E-state index in [-0.39, 0.29) is 24.4 Å². The van der Waals surface area contributed by atoms with Crippen molar-refractivity contribution in [1.82, 2.24) is 25.5 Å². The van der Waals surface area contributed by atoms with E-state index in [1.165, 1.54) is 0 Å². The van der Waals surface area contributed by atoms with E-state index in [1.54, 1.807) is 13.8 Å². The summed E-state index contributed by atoms with van der Waals surface area (Å²) in [4.78, 5) is 45.7. The van der Waals surface area contributed by atoms with Gasteiger partial charge < -0.3 is 15.6 Å². The van der Waals surface area contributed by atoms with E-state index in [2.05, 4.69) is 20.6 Å².